The third-order valence-electron chi connectivity index (χ3n) is 4.06. The Bertz CT molecular complexity index is 776. The van der Waals surface area contributed by atoms with Crippen molar-refractivity contribution in [3.8, 4) is 11.3 Å². The van der Waals surface area contributed by atoms with Gasteiger partial charge in [-0.1, -0.05) is 23.4 Å². The zero-order chi connectivity index (χ0) is 16.2. The van der Waals surface area contributed by atoms with Gasteiger partial charge in [0.05, 0.1) is 32.0 Å². The first-order valence-electron chi connectivity index (χ1n) is 8.16. The van der Waals surface area contributed by atoms with Crippen LogP contribution in [0, 0.1) is 0 Å². The highest BCUT2D eigenvalue weighted by Gasteiger charge is 2.15. The average molecular weight is 324 g/mol. The first kappa shape index (κ1) is 15.0. The van der Waals surface area contributed by atoms with Crippen LogP contribution in [-0.4, -0.2) is 50.6 Å². The molecule has 1 saturated heterocycles. The van der Waals surface area contributed by atoms with E-state index in [0.717, 1.165) is 37.5 Å². The van der Waals surface area contributed by atoms with Crippen LogP contribution in [-0.2, 0) is 17.8 Å². The lowest BCUT2D eigenvalue weighted by Crippen LogP contribution is -2.40. The molecule has 0 spiro atoms. The Kier molecular flexibility index (Phi) is 4.35. The highest BCUT2D eigenvalue weighted by molar-refractivity contribution is 5.58. The van der Waals surface area contributed by atoms with Crippen molar-refractivity contribution in [1.82, 2.24) is 30.1 Å². The van der Waals surface area contributed by atoms with Crippen LogP contribution >= 0.6 is 0 Å². The fourth-order valence-corrected chi connectivity index (χ4v) is 2.88. The van der Waals surface area contributed by atoms with E-state index in [0.29, 0.717) is 6.54 Å². The summed E-state index contributed by atoms with van der Waals surface area (Å²) in [6.45, 7) is 3.99. The number of aromatic nitrogens is 5. The molecule has 24 heavy (non-hydrogen) atoms. The van der Waals surface area contributed by atoms with E-state index < -0.39 is 0 Å². The van der Waals surface area contributed by atoms with Gasteiger partial charge >= 0.3 is 0 Å². The van der Waals surface area contributed by atoms with Crippen molar-refractivity contribution < 1.29 is 4.74 Å². The molecule has 3 heterocycles. The molecular weight excluding hydrogens is 304 g/mol. The summed E-state index contributed by atoms with van der Waals surface area (Å²) in [5, 5.41) is 16.1. The van der Waals surface area contributed by atoms with Gasteiger partial charge in [0.2, 0.25) is 0 Å². The zero-order valence-electron chi connectivity index (χ0n) is 13.4. The van der Waals surface area contributed by atoms with E-state index in [-0.39, 0.29) is 6.10 Å². The van der Waals surface area contributed by atoms with Crippen molar-refractivity contribution in [2.45, 2.75) is 19.2 Å². The molecule has 1 aromatic carbocycles. The lowest BCUT2D eigenvalue weighted by molar-refractivity contribution is 0.0158. The van der Waals surface area contributed by atoms with Gasteiger partial charge in [0.15, 0.2) is 0 Å². The third kappa shape index (κ3) is 3.52. The summed E-state index contributed by atoms with van der Waals surface area (Å²) in [5.74, 6) is 0. The summed E-state index contributed by atoms with van der Waals surface area (Å²) in [5.41, 5.74) is 3.13. The molecule has 4 rings (SSSR count). The number of benzene rings is 1. The molecule has 1 N–H and O–H groups in total. The van der Waals surface area contributed by atoms with E-state index in [1.165, 1.54) is 5.56 Å². The molecule has 1 aliphatic rings. The maximum Gasteiger partial charge on any atom is 0.113 e. The number of ether oxygens (including phenoxy) is 1. The molecule has 0 saturated carbocycles. The fraction of sp³-hybridized carbons (Fsp3) is 0.353. The smallest absolute Gasteiger partial charge is 0.113 e. The van der Waals surface area contributed by atoms with Crippen molar-refractivity contribution in [3.05, 3.63) is 54.5 Å². The molecule has 0 unspecified atom stereocenters. The Morgan fingerprint density at radius 2 is 2.25 bits per heavy atom. The van der Waals surface area contributed by atoms with Crippen molar-refractivity contribution in [2.24, 2.45) is 0 Å². The van der Waals surface area contributed by atoms with Crippen LogP contribution in [0.5, 0.6) is 0 Å². The van der Waals surface area contributed by atoms with Gasteiger partial charge in [-0.2, -0.15) is 5.10 Å². The average Bonchev–Trinajstić information content (AvgIpc) is 3.28. The van der Waals surface area contributed by atoms with E-state index in [9.17, 15) is 0 Å². The maximum atomic E-state index is 5.71. The van der Waals surface area contributed by atoms with Gasteiger partial charge in [-0.3, -0.25) is 4.68 Å². The number of hydrogen-bond acceptors (Lipinski definition) is 5. The molecule has 1 aliphatic heterocycles. The van der Waals surface area contributed by atoms with E-state index >= 15 is 0 Å². The number of hydrogen-bond donors (Lipinski definition) is 1. The van der Waals surface area contributed by atoms with E-state index in [1.807, 2.05) is 33.9 Å². The third-order valence-corrected chi connectivity index (χ3v) is 4.06. The highest BCUT2D eigenvalue weighted by Crippen LogP contribution is 2.18. The normalized spacial score (nSPS) is 17.9. The molecule has 0 bridgehead atoms. The number of morpholine rings is 1. The minimum absolute atomic E-state index is 0.152. The molecule has 3 aromatic rings. The summed E-state index contributed by atoms with van der Waals surface area (Å²) < 4.78 is 9.47. The second-order valence-electron chi connectivity index (χ2n) is 5.93. The predicted molar refractivity (Wildman–Crippen MR) is 89.4 cm³/mol. The summed E-state index contributed by atoms with van der Waals surface area (Å²) in [6, 6.07) is 10.3. The summed E-state index contributed by atoms with van der Waals surface area (Å²) in [4.78, 5) is 0. The van der Waals surface area contributed by atoms with Gasteiger partial charge in [0, 0.05) is 31.0 Å². The van der Waals surface area contributed by atoms with E-state index in [1.54, 1.807) is 6.20 Å². The molecule has 7 nitrogen and oxygen atoms in total. The number of rotatable bonds is 5. The van der Waals surface area contributed by atoms with E-state index in [4.69, 9.17) is 4.74 Å². The van der Waals surface area contributed by atoms with Gasteiger partial charge < -0.3 is 10.1 Å². The maximum absolute atomic E-state index is 5.71. The standard InChI is InChI=1S/C17H20N6O/c1-3-14(11-22-7-2-5-19-22)9-15(4-1)17-13-23(21-20-17)12-16-10-18-6-8-24-16/h1-5,7,9,13,16,18H,6,8,10-12H2/t16-/m0/s1. The van der Waals surface area contributed by atoms with Crippen molar-refractivity contribution >= 4 is 0 Å². The largest absolute Gasteiger partial charge is 0.374 e. The minimum Gasteiger partial charge on any atom is -0.374 e. The van der Waals surface area contributed by atoms with Crippen molar-refractivity contribution in [2.75, 3.05) is 19.7 Å². The Balaban J connectivity index is 1.47. The topological polar surface area (TPSA) is 69.8 Å². The van der Waals surface area contributed by atoms with Gasteiger partial charge in [-0.25, -0.2) is 4.68 Å². The second kappa shape index (κ2) is 6.94. The summed E-state index contributed by atoms with van der Waals surface area (Å²) >= 11 is 0. The molecule has 0 amide bonds. The first-order chi connectivity index (χ1) is 11.9. The monoisotopic (exact) mass is 324 g/mol. The second-order valence-corrected chi connectivity index (χ2v) is 5.93. The molecular formula is C17H20N6O. The van der Waals surface area contributed by atoms with Crippen LogP contribution in [0.3, 0.4) is 0 Å². The lowest BCUT2D eigenvalue weighted by Gasteiger charge is -2.23. The Hall–Kier alpha value is -2.51. The van der Waals surface area contributed by atoms with Crippen LogP contribution in [0.1, 0.15) is 5.56 Å². The zero-order valence-corrected chi connectivity index (χ0v) is 13.4. The highest BCUT2D eigenvalue weighted by atomic mass is 16.5. The molecule has 124 valence electrons. The van der Waals surface area contributed by atoms with Crippen LogP contribution in [0.2, 0.25) is 0 Å². The summed E-state index contributed by atoms with van der Waals surface area (Å²) in [6.07, 6.45) is 5.88. The summed E-state index contributed by atoms with van der Waals surface area (Å²) in [7, 11) is 0. The molecule has 0 aliphatic carbocycles. The molecule has 2 aromatic heterocycles. The molecule has 1 atom stereocenters. The molecule has 0 radical (unpaired) electrons. The lowest BCUT2D eigenvalue weighted by atomic mass is 10.1. The fourth-order valence-electron chi connectivity index (χ4n) is 2.88. The van der Waals surface area contributed by atoms with Gasteiger partial charge in [0.1, 0.15) is 5.69 Å². The van der Waals surface area contributed by atoms with Gasteiger partial charge in [-0.05, 0) is 17.7 Å². The Morgan fingerprint density at radius 1 is 1.25 bits per heavy atom. The quantitative estimate of drug-likeness (QED) is 0.763. The van der Waals surface area contributed by atoms with Crippen LogP contribution in [0.4, 0.5) is 0 Å². The Labute approximate surface area is 140 Å². The van der Waals surface area contributed by atoms with Crippen LogP contribution in [0.25, 0.3) is 11.3 Å². The van der Waals surface area contributed by atoms with Crippen molar-refractivity contribution in [1.29, 1.82) is 0 Å². The number of nitrogens with zero attached hydrogens (tertiary/aromatic N) is 5. The van der Waals surface area contributed by atoms with E-state index in [2.05, 4.69) is 38.9 Å². The van der Waals surface area contributed by atoms with Gasteiger partial charge in [-0.15, -0.1) is 5.10 Å². The Morgan fingerprint density at radius 3 is 3.08 bits per heavy atom. The SMILES string of the molecule is c1cc(Cn2cccn2)cc(-c2cn(C[C@@H]3CNCCO3)nn2)c1. The van der Waals surface area contributed by atoms with Gasteiger partial charge in [0.25, 0.3) is 0 Å². The van der Waals surface area contributed by atoms with Crippen LogP contribution < -0.4 is 5.32 Å². The molecule has 7 heteroatoms. The predicted octanol–water partition coefficient (Wildman–Crippen LogP) is 1.18. The first-order valence-corrected chi connectivity index (χ1v) is 8.16. The minimum atomic E-state index is 0.152. The number of nitrogens with one attached hydrogen (secondary N) is 1. The van der Waals surface area contributed by atoms with Crippen molar-refractivity contribution in [3.63, 3.8) is 0 Å². The molecule has 1 fully saturated rings. The van der Waals surface area contributed by atoms with Crippen LogP contribution in [0.15, 0.2) is 48.9 Å².